The smallest absolute Gasteiger partial charge is 0.254 e. The number of hydrogen-bond donors (Lipinski definition) is 1. The quantitative estimate of drug-likeness (QED) is 0.643. The van der Waals surface area contributed by atoms with Crippen LogP contribution in [0.3, 0.4) is 0 Å². The Morgan fingerprint density at radius 3 is 2.38 bits per heavy atom. The van der Waals surface area contributed by atoms with E-state index < -0.39 is 0 Å². The Hall–Kier alpha value is -3.67. The molecule has 29 heavy (non-hydrogen) atoms. The number of amides is 2. The molecule has 0 spiro atoms. The number of pyridine rings is 1. The molecule has 2 amide bonds. The second-order valence-electron chi connectivity index (χ2n) is 6.55. The average molecular weight is 389 g/mol. The molecular formula is C23H23N3O3. The summed E-state index contributed by atoms with van der Waals surface area (Å²) in [5.41, 5.74) is 2.36. The molecule has 1 N–H and O–H groups in total. The lowest BCUT2D eigenvalue weighted by molar-refractivity contribution is -0.121. The number of nitrogens with one attached hydrogen (secondary N) is 1. The third kappa shape index (κ3) is 5.90. The number of ether oxygens (including phenoxy) is 1. The molecule has 0 atom stereocenters. The van der Waals surface area contributed by atoms with Gasteiger partial charge in [0.15, 0.2) is 0 Å². The Kier molecular flexibility index (Phi) is 6.95. The third-order valence-electron chi connectivity index (χ3n) is 4.29. The van der Waals surface area contributed by atoms with Crippen LogP contribution in [0.2, 0.25) is 0 Å². The lowest BCUT2D eigenvalue weighted by Gasteiger charge is -2.17. The molecular weight excluding hydrogens is 366 g/mol. The number of carbonyl (C=O) groups excluding carboxylic acids is 2. The van der Waals surface area contributed by atoms with Crippen LogP contribution < -0.4 is 10.1 Å². The molecule has 2 aromatic carbocycles. The lowest BCUT2D eigenvalue weighted by Crippen LogP contribution is -2.38. The van der Waals surface area contributed by atoms with Crippen molar-refractivity contribution in [2.45, 2.75) is 13.2 Å². The number of hydrogen-bond acceptors (Lipinski definition) is 4. The van der Waals surface area contributed by atoms with E-state index in [2.05, 4.69) is 10.3 Å². The van der Waals surface area contributed by atoms with Gasteiger partial charge in [0.05, 0.1) is 6.54 Å². The fourth-order valence-electron chi connectivity index (χ4n) is 2.75. The second kappa shape index (κ2) is 10.0. The summed E-state index contributed by atoms with van der Waals surface area (Å²) >= 11 is 0. The van der Waals surface area contributed by atoms with Crippen LogP contribution in [0.25, 0.3) is 0 Å². The number of likely N-dealkylation sites (N-methyl/N-ethyl adjacent to an activating group) is 1. The first-order chi connectivity index (χ1) is 14.1. The van der Waals surface area contributed by atoms with Crippen LogP contribution in [0.1, 0.15) is 21.5 Å². The highest BCUT2D eigenvalue weighted by Gasteiger charge is 2.15. The van der Waals surface area contributed by atoms with E-state index in [9.17, 15) is 9.59 Å². The van der Waals surface area contributed by atoms with Crippen LogP contribution in [0.5, 0.6) is 5.88 Å². The molecule has 0 aliphatic rings. The molecule has 148 valence electrons. The molecule has 0 bridgehead atoms. The Labute approximate surface area is 170 Å². The van der Waals surface area contributed by atoms with E-state index in [0.717, 1.165) is 11.1 Å². The first-order valence-corrected chi connectivity index (χ1v) is 9.31. The number of nitrogens with zero attached hydrogens (tertiary/aromatic N) is 2. The van der Waals surface area contributed by atoms with Gasteiger partial charge in [0.1, 0.15) is 6.61 Å². The number of rotatable bonds is 8. The summed E-state index contributed by atoms with van der Waals surface area (Å²) in [5.74, 6) is 0.0222. The van der Waals surface area contributed by atoms with Gasteiger partial charge in [0.25, 0.3) is 5.91 Å². The zero-order chi connectivity index (χ0) is 20.5. The highest BCUT2D eigenvalue weighted by Crippen LogP contribution is 2.16. The number of aromatic nitrogens is 1. The van der Waals surface area contributed by atoms with E-state index in [1.165, 1.54) is 4.90 Å². The highest BCUT2D eigenvalue weighted by molar-refractivity contribution is 5.96. The van der Waals surface area contributed by atoms with Gasteiger partial charge in [0.2, 0.25) is 11.8 Å². The maximum Gasteiger partial charge on any atom is 0.254 e. The van der Waals surface area contributed by atoms with Crippen LogP contribution in [0.15, 0.2) is 79.0 Å². The van der Waals surface area contributed by atoms with Crippen molar-refractivity contribution in [1.29, 1.82) is 0 Å². The van der Waals surface area contributed by atoms with Crippen molar-refractivity contribution >= 4 is 11.8 Å². The first kappa shape index (κ1) is 20.1. The van der Waals surface area contributed by atoms with Crippen molar-refractivity contribution in [2.75, 3.05) is 13.6 Å². The minimum Gasteiger partial charge on any atom is -0.473 e. The van der Waals surface area contributed by atoms with Crippen LogP contribution in [0, 0.1) is 0 Å². The van der Waals surface area contributed by atoms with Crippen LogP contribution in [-0.4, -0.2) is 35.3 Å². The highest BCUT2D eigenvalue weighted by atomic mass is 16.5. The van der Waals surface area contributed by atoms with Gasteiger partial charge in [0, 0.05) is 30.9 Å². The standard InChI is InChI=1S/C23H23N3O3/c1-26(23(28)19-11-6-3-7-12-19)16-21(27)25-15-20-13-8-14-24-22(20)29-17-18-9-4-2-5-10-18/h2-14H,15-17H2,1H3,(H,25,27). The monoisotopic (exact) mass is 389 g/mol. The van der Waals surface area contributed by atoms with E-state index in [1.807, 2.05) is 42.5 Å². The van der Waals surface area contributed by atoms with Crippen LogP contribution >= 0.6 is 0 Å². The topological polar surface area (TPSA) is 71.5 Å². The summed E-state index contributed by atoms with van der Waals surface area (Å²) in [5, 5.41) is 2.82. The van der Waals surface area contributed by atoms with Crippen molar-refractivity contribution < 1.29 is 14.3 Å². The number of benzene rings is 2. The maximum atomic E-state index is 12.3. The van der Waals surface area contributed by atoms with Gasteiger partial charge in [-0.25, -0.2) is 4.98 Å². The molecule has 3 aromatic rings. The van der Waals surface area contributed by atoms with Crippen molar-refractivity contribution in [1.82, 2.24) is 15.2 Å². The second-order valence-corrected chi connectivity index (χ2v) is 6.55. The predicted molar refractivity (Wildman–Crippen MR) is 110 cm³/mol. The van der Waals surface area contributed by atoms with Gasteiger partial charge in [-0.05, 0) is 23.8 Å². The molecule has 1 aromatic heterocycles. The zero-order valence-electron chi connectivity index (χ0n) is 16.2. The van der Waals surface area contributed by atoms with Crippen molar-refractivity contribution in [3.63, 3.8) is 0 Å². The summed E-state index contributed by atoms with van der Waals surface area (Å²) in [6.07, 6.45) is 1.65. The summed E-state index contributed by atoms with van der Waals surface area (Å²) in [6, 6.07) is 22.3. The fraction of sp³-hybridized carbons (Fsp3) is 0.174. The van der Waals surface area contributed by atoms with Crippen LogP contribution in [0.4, 0.5) is 0 Å². The van der Waals surface area contributed by atoms with Crippen molar-refractivity contribution in [2.24, 2.45) is 0 Å². The SMILES string of the molecule is CN(CC(=O)NCc1cccnc1OCc1ccccc1)C(=O)c1ccccc1. The van der Waals surface area contributed by atoms with Crippen LogP contribution in [-0.2, 0) is 17.9 Å². The van der Waals surface area contributed by atoms with Gasteiger partial charge < -0.3 is 15.0 Å². The Bertz CT molecular complexity index is 946. The molecule has 6 heteroatoms. The van der Waals surface area contributed by atoms with Gasteiger partial charge in [-0.3, -0.25) is 9.59 Å². The first-order valence-electron chi connectivity index (χ1n) is 9.31. The molecule has 0 aliphatic heterocycles. The normalized spacial score (nSPS) is 10.2. The summed E-state index contributed by atoms with van der Waals surface area (Å²) < 4.78 is 5.81. The molecule has 0 saturated heterocycles. The van der Waals surface area contributed by atoms with Gasteiger partial charge in [-0.2, -0.15) is 0 Å². The molecule has 0 fully saturated rings. The van der Waals surface area contributed by atoms with Crippen molar-refractivity contribution in [3.05, 3.63) is 95.7 Å². The fourth-order valence-corrected chi connectivity index (χ4v) is 2.75. The van der Waals surface area contributed by atoms with Crippen molar-refractivity contribution in [3.8, 4) is 5.88 Å². The average Bonchev–Trinajstić information content (AvgIpc) is 2.77. The predicted octanol–water partition coefficient (Wildman–Crippen LogP) is 3.05. The Morgan fingerprint density at radius 1 is 0.966 bits per heavy atom. The maximum absolute atomic E-state index is 12.3. The minimum absolute atomic E-state index is 0.0335. The molecule has 0 aliphatic carbocycles. The Balaban J connectivity index is 1.53. The number of carbonyl (C=O) groups is 2. The van der Waals surface area contributed by atoms with Gasteiger partial charge in [-0.15, -0.1) is 0 Å². The third-order valence-corrected chi connectivity index (χ3v) is 4.29. The summed E-state index contributed by atoms with van der Waals surface area (Å²) in [7, 11) is 1.60. The Morgan fingerprint density at radius 2 is 1.66 bits per heavy atom. The summed E-state index contributed by atoms with van der Waals surface area (Å²) in [4.78, 5) is 30.3. The zero-order valence-corrected chi connectivity index (χ0v) is 16.2. The van der Waals surface area contributed by atoms with E-state index in [-0.39, 0.29) is 24.9 Å². The largest absolute Gasteiger partial charge is 0.473 e. The molecule has 0 unspecified atom stereocenters. The van der Waals surface area contributed by atoms with E-state index >= 15 is 0 Å². The minimum atomic E-state index is -0.255. The molecule has 0 radical (unpaired) electrons. The van der Waals surface area contributed by atoms with E-state index in [1.54, 1.807) is 43.6 Å². The molecule has 1 heterocycles. The molecule has 0 saturated carbocycles. The molecule has 6 nitrogen and oxygen atoms in total. The molecule has 3 rings (SSSR count). The van der Waals surface area contributed by atoms with E-state index in [4.69, 9.17) is 4.74 Å². The lowest BCUT2D eigenvalue weighted by atomic mass is 10.2. The summed E-state index contributed by atoms with van der Waals surface area (Å²) in [6.45, 7) is 0.630. The van der Waals surface area contributed by atoms with E-state index in [0.29, 0.717) is 18.1 Å². The van der Waals surface area contributed by atoms with Gasteiger partial charge >= 0.3 is 0 Å². The van der Waals surface area contributed by atoms with Gasteiger partial charge in [-0.1, -0.05) is 54.6 Å².